The van der Waals surface area contributed by atoms with E-state index in [1.807, 2.05) is 61.5 Å². The van der Waals surface area contributed by atoms with E-state index in [0.29, 0.717) is 10.5 Å². The van der Waals surface area contributed by atoms with Crippen LogP contribution in [0.3, 0.4) is 0 Å². The molecule has 0 bridgehead atoms. The molecule has 1 N–H and O–H groups in total. The van der Waals surface area contributed by atoms with E-state index in [0.717, 1.165) is 33.7 Å². The average Bonchev–Trinajstić information content (AvgIpc) is 3.09. The number of thioether (sulfide) groups is 1. The van der Waals surface area contributed by atoms with Crippen molar-refractivity contribution in [3.8, 4) is 0 Å². The van der Waals surface area contributed by atoms with Gasteiger partial charge in [0.05, 0.1) is 11.5 Å². The minimum Gasteiger partial charge on any atom is -0.506 e. The molecule has 160 valence electrons. The lowest BCUT2D eigenvalue weighted by atomic mass is 10.0. The number of hydrogen-bond donors (Lipinski definition) is 1. The van der Waals surface area contributed by atoms with Gasteiger partial charge < -0.3 is 9.84 Å². The molecule has 0 aromatic heterocycles. The van der Waals surface area contributed by atoms with E-state index in [-0.39, 0.29) is 23.0 Å². The summed E-state index contributed by atoms with van der Waals surface area (Å²) in [4.78, 5) is 29.9. The molecule has 4 rings (SSSR count). The Morgan fingerprint density at radius 3 is 2.50 bits per heavy atom. The molecule has 1 aliphatic heterocycles. The molecular weight excluding hydrogens is 422 g/mol. The Morgan fingerprint density at radius 2 is 1.75 bits per heavy atom. The molecule has 0 saturated heterocycles. The van der Waals surface area contributed by atoms with Crippen molar-refractivity contribution in [1.82, 2.24) is 0 Å². The SMILES string of the molecule is CCOC(=O)C1=C(O)/C(=C/c2cccc3ccccc23)SC1=NC(=O)c1ccc(C)cc1. The Hall–Kier alpha value is -3.64. The highest BCUT2D eigenvalue weighted by molar-refractivity contribution is 8.18. The third-order valence-electron chi connectivity index (χ3n) is 4.98. The molecule has 1 aliphatic rings. The summed E-state index contributed by atoms with van der Waals surface area (Å²) in [5.74, 6) is -1.44. The highest BCUT2D eigenvalue weighted by Gasteiger charge is 2.34. The monoisotopic (exact) mass is 443 g/mol. The van der Waals surface area contributed by atoms with Gasteiger partial charge in [-0.15, -0.1) is 0 Å². The quantitative estimate of drug-likeness (QED) is 0.512. The second-order valence-corrected chi connectivity index (χ2v) is 8.24. The Kier molecular flexibility index (Phi) is 6.23. The smallest absolute Gasteiger partial charge is 0.344 e. The van der Waals surface area contributed by atoms with Crippen LogP contribution in [0, 0.1) is 6.92 Å². The van der Waals surface area contributed by atoms with E-state index in [9.17, 15) is 14.7 Å². The molecule has 1 heterocycles. The fourth-order valence-electron chi connectivity index (χ4n) is 3.36. The van der Waals surface area contributed by atoms with Crippen LogP contribution < -0.4 is 0 Å². The van der Waals surface area contributed by atoms with Crippen molar-refractivity contribution < 1.29 is 19.4 Å². The average molecular weight is 444 g/mol. The lowest BCUT2D eigenvalue weighted by molar-refractivity contribution is -0.138. The van der Waals surface area contributed by atoms with E-state index in [1.165, 1.54) is 0 Å². The van der Waals surface area contributed by atoms with Crippen LogP contribution in [0.1, 0.15) is 28.4 Å². The van der Waals surface area contributed by atoms with Gasteiger partial charge in [-0.3, -0.25) is 4.79 Å². The van der Waals surface area contributed by atoms with Crippen LogP contribution in [0.5, 0.6) is 0 Å². The van der Waals surface area contributed by atoms with E-state index < -0.39 is 11.9 Å². The number of ether oxygens (including phenoxy) is 1. The predicted molar refractivity (Wildman–Crippen MR) is 129 cm³/mol. The van der Waals surface area contributed by atoms with Crippen LogP contribution in [0.25, 0.3) is 16.8 Å². The minimum atomic E-state index is -0.714. The van der Waals surface area contributed by atoms with Crippen LogP contribution in [0.15, 0.2) is 88.0 Å². The van der Waals surface area contributed by atoms with Gasteiger partial charge in [0.1, 0.15) is 16.4 Å². The summed E-state index contributed by atoms with van der Waals surface area (Å²) >= 11 is 1.08. The summed E-state index contributed by atoms with van der Waals surface area (Å²) in [6.45, 7) is 3.75. The van der Waals surface area contributed by atoms with Crippen LogP contribution in [0.2, 0.25) is 0 Å². The summed E-state index contributed by atoms with van der Waals surface area (Å²) < 4.78 is 5.11. The number of carbonyl (C=O) groups excluding carboxylic acids is 2. The number of amides is 1. The first-order valence-corrected chi connectivity index (χ1v) is 11.0. The van der Waals surface area contributed by atoms with Crippen molar-refractivity contribution in [2.24, 2.45) is 4.99 Å². The first-order valence-electron chi connectivity index (χ1n) is 10.2. The first-order chi connectivity index (χ1) is 15.5. The highest BCUT2D eigenvalue weighted by atomic mass is 32.2. The van der Waals surface area contributed by atoms with Crippen molar-refractivity contribution in [2.75, 3.05) is 6.61 Å². The number of carbonyl (C=O) groups is 2. The molecular formula is C26H21NO4S. The van der Waals surface area contributed by atoms with Crippen molar-refractivity contribution in [1.29, 1.82) is 0 Å². The lowest BCUT2D eigenvalue weighted by Crippen LogP contribution is -2.14. The topological polar surface area (TPSA) is 76.0 Å². The molecule has 0 saturated carbocycles. The van der Waals surface area contributed by atoms with Crippen LogP contribution in [0.4, 0.5) is 0 Å². The third kappa shape index (κ3) is 4.36. The van der Waals surface area contributed by atoms with E-state index >= 15 is 0 Å². The summed E-state index contributed by atoms with van der Waals surface area (Å²) in [7, 11) is 0. The van der Waals surface area contributed by atoms with Gasteiger partial charge in [-0.05, 0) is 48.4 Å². The van der Waals surface area contributed by atoms with Gasteiger partial charge in [-0.1, -0.05) is 71.9 Å². The molecule has 3 aromatic rings. The molecule has 5 nitrogen and oxygen atoms in total. The van der Waals surface area contributed by atoms with Gasteiger partial charge in [-0.25, -0.2) is 9.79 Å². The normalized spacial score (nSPS) is 16.2. The van der Waals surface area contributed by atoms with Crippen molar-refractivity contribution >= 4 is 45.5 Å². The molecule has 3 aromatic carbocycles. The van der Waals surface area contributed by atoms with Crippen molar-refractivity contribution in [2.45, 2.75) is 13.8 Å². The predicted octanol–water partition coefficient (Wildman–Crippen LogP) is 5.85. The van der Waals surface area contributed by atoms with E-state index in [2.05, 4.69) is 4.99 Å². The van der Waals surface area contributed by atoms with E-state index in [4.69, 9.17) is 4.74 Å². The fraction of sp³-hybridized carbons (Fsp3) is 0.115. The molecule has 0 radical (unpaired) electrons. The summed E-state index contributed by atoms with van der Waals surface area (Å²) in [6, 6.07) is 20.8. The number of rotatable bonds is 4. The molecule has 0 aliphatic carbocycles. The number of aryl methyl sites for hydroxylation is 1. The minimum absolute atomic E-state index is 0.0937. The zero-order chi connectivity index (χ0) is 22.7. The van der Waals surface area contributed by atoms with Gasteiger partial charge in [0, 0.05) is 5.56 Å². The maximum atomic E-state index is 12.7. The third-order valence-corrected chi connectivity index (χ3v) is 6.00. The first kappa shape index (κ1) is 21.6. The number of aliphatic hydroxyl groups is 1. The van der Waals surface area contributed by atoms with Gasteiger partial charge in [0.15, 0.2) is 0 Å². The number of nitrogens with zero attached hydrogens (tertiary/aromatic N) is 1. The molecule has 6 heteroatoms. The lowest BCUT2D eigenvalue weighted by Gasteiger charge is -2.04. The van der Waals surface area contributed by atoms with Gasteiger partial charge in [0.2, 0.25) is 0 Å². The number of aliphatic hydroxyl groups excluding tert-OH is 1. The summed E-state index contributed by atoms with van der Waals surface area (Å²) in [5, 5.41) is 13.1. The number of esters is 1. The van der Waals surface area contributed by atoms with Gasteiger partial charge in [0.25, 0.3) is 5.91 Å². The fourth-order valence-corrected chi connectivity index (χ4v) is 4.37. The number of fused-ring (bicyclic) bond motifs is 1. The largest absolute Gasteiger partial charge is 0.506 e. The molecule has 32 heavy (non-hydrogen) atoms. The Labute approximate surface area is 190 Å². The second kappa shape index (κ2) is 9.24. The van der Waals surface area contributed by atoms with Gasteiger partial charge in [-0.2, -0.15) is 0 Å². The number of benzene rings is 3. The molecule has 0 fully saturated rings. The zero-order valence-corrected chi connectivity index (χ0v) is 18.5. The van der Waals surface area contributed by atoms with Crippen LogP contribution in [-0.4, -0.2) is 28.6 Å². The van der Waals surface area contributed by atoms with Crippen LogP contribution >= 0.6 is 11.8 Å². The van der Waals surface area contributed by atoms with Crippen molar-refractivity contribution in [3.63, 3.8) is 0 Å². The standard InChI is InChI=1S/C26H21NO4S/c1-3-31-26(30)22-23(28)21(15-19-9-6-8-17-7-4-5-10-20(17)19)32-25(22)27-24(29)18-13-11-16(2)12-14-18/h4-15,28H,3H2,1-2H3/b21-15-,27-25?. The van der Waals surface area contributed by atoms with Crippen LogP contribution in [-0.2, 0) is 9.53 Å². The second-order valence-electron chi connectivity index (χ2n) is 7.21. The van der Waals surface area contributed by atoms with Crippen molar-refractivity contribution in [3.05, 3.63) is 99.7 Å². The Morgan fingerprint density at radius 1 is 1.03 bits per heavy atom. The Bertz CT molecular complexity index is 1300. The Balaban J connectivity index is 1.77. The molecule has 0 atom stereocenters. The van der Waals surface area contributed by atoms with Gasteiger partial charge >= 0.3 is 5.97 Å². The molecule has 1 amide bonds. The van der Waals surface area contributed by atoms with E-state index in [1.54, 1.807) is 25.1 Å². The molecule has 0 unspecified atom stereocenters. The summed E-state index contributed by atoms with van der Waals surface area (Å²) in [5.41, 5.74) is 2.21. The zero-order valence-electron chi connectivity index (χ0n) is 17.7. The maximum absolute atomic E-state index is 12.7. The highest BCUT2D eigenvalue weighted by Crippen LogP contribution is 2.40. The summed E-state index contributed by atoms with van der Waals surface area (Å²) in [6.07, 6.45) is 1.79. The number of aliphatic imine (C=N–C) groups is 1. The maximum Gasteiger partial charge on any atom is 0.344 e. The molecule has 0 spiro atoms. The number of hydrogen-bond acceptors (Lipinski definition) is 5.